The molecule has 0 aliphatic heterocycles. The lowest BCUT2D eigenvalue weighted by molar-refractivity contribution is -0.0614. The van der Waals surface area contributed by atoms with Crippen molar-refractivity contribution in [3.05, 3.63) is 44.4 Å². The highest BCUT2D eigenvalue weighted by Crippen LogP contribution is 2.41. The Labute approximate surface area is 199 Å². The molecule has 0 unspecified atom stereocenters. The molecule has 3 N–H and O–H groups in total. The summed E-state index contributed by atoms with van der Waals surface area (Å²) in [4.78, 5) is 0. The lowest BCUT2D eigenvalue weighted by Gasteiger charge is -2.26. The molecule has 2 aromatic rings. The molecule has 0 aliphatic carbocycles. The van der Waals surface area contributed by atoms with Crippen molar-refractivity contribution in [1.29, 1.82) is 0 Å². The summed E-state index contributed by atoms with van der Waals surface area (Å²) < 4.78 is 21.8. The standard InChI is InChI=1S/C20H22Cl4O7/c1-28-18-14(21)4-12(5-15(18)22)31-13-6-16(23)19(17(24)7-13)30-3-2-29-11-20(8-25,9-26)10-27/h4-7,25-27H,2-3,8-11H2,1H3. The van der Waals surface area contributed by atoms with E-state index in [1.165, 1.54) is 19.2 Å². The van der Waals surface area contributed by atoms with E-state index in [2.05, 4.69) is 0 Å². The molecule has 0 saturated carbocycles. The van der Waals surface area contributed by atoms with E-state index in [9.17, 15) is 15.3 Å². The number of ether oxygens (including phenoxy) is 4. The third-order valence-corrected chi connectivity index (χ3v) is 5.39. The minimum absolute atomic E-state index is 0.0406. The molecule has 11 heteroatoms. The average molecular weight is 516 g/mol. The second-order valence-electron chi connectivity index (χ2n) is 6.61. The van der Waals surface area contributed by atoms with Crippen LogP contribution in [0, 0.1) is 5.41 Å². The summed E-state index contributed by atoms with van der Waals surface area (Å²) in [5.74, 6) is 1.29. The van der Waals surface area contributed by atoms with Gasteiger partial charge in [0.05, 0.1) is 65.6 Å². The van der Waals surface area contributed by atoms with Gasteiger partial charge in [-0.05, 0) is 0 Å². The van der Waals surface area contributed by atoms with Gasteiger partial charge in [0.15, 0.2) is 11.5 Å². The van der Waals surface area contributed by atoms with Gasteiger partial charge in [0, 0.05) is 24.3 Å². The monoisotopic (exact) mass is 514 g/mol. The molecule has 0 aromatic heterocycles. The number of methoxy groups -OCH3 is 1. The molecule has 0 saturated heterocycles. The van der Waals surface area contributed by atoms with Crippen LogP contribution in [0.25, 0.3) is 0 Å². The summed E-state index contributed by atoms with van der Waals surface area (Å²) in [5.41, 5.74) is -1.11. The van der Waals surface area contributed by atoms with Crippen LogP contribution in [0.5, 0.6) is 23.0 Å². The number of rotatable bonds is 12. The first-order valence-electron chi connectivity index (χ1n) is 9.02. The second kappa shape index (κ2) is 12.2. The maximum absolute atomic E-state index is 9.27. The molecule has 0 bridgehead atoms. The normalized spacial score (nSPS) is 11.5. The summed E-state index contributed by atoms with van der Waals surface area (Å²) in [6, 6.07) is 6.12. The number of hydrogen-bond acceptors (Lipinski definition) is 7. The van der Waals surface area contributed by atoms with Crippen molar-refractivity contribution in [1.82, 2.24) is 0 Å². The van der Waals surface area contributed by atoms with E-state index in [0.717, 1.165) is 0 Å². The van der Waals surface area contributed by atoms with Gasteiger partial charge in [-0.25, -0.2) is 0 Å². The zero-order chi connectivity index (χ0) is 23.0. The Bertz CT molecular complexity index is 820. The van der Waals surface area contributed by atoms with Crippen LogP contribution in [-0.4, -0.2) is 62.1 Å². The fourth-order valence-electron chi connectivity index (χ4n) is 2.44. The lowest BCUT2D eigenvalue weighted by atomic mass is 9.93. The van der Waals surface area contributed by atoms with E-state index in [-0.39, 0.29) is 45.7 Å². The van der Waals surface area contributed by atoms with Crippen molar-refractivity contribution >= 4 is 46.4 Å². The zero-order valence-corrected chi connectivity index (χ0v) is 19.6. The van der Waals surface area contributed by atoms with Crippen LogP contribution in [0.3, 0.4) is 0 Å². The SMILES string of the molecule is COc1c(Cl)cc(Oc2cc(Cl)c(OCCOCC(CO)(CO)CO)c(Cl)c2)cc1Cl. The molecule has 2 aromatic carbocycles. The summed E-state index contributed by atoms with van der Waals surface area (Å²) in [5, 5.41) is 28.8. The van der Waals surface area contributed by atoms with Gasteiger partial charge in [-0.3, -0.25) is 0 Å². The van der Waals surface area contributed by atoms with E-state index in [0.29, 0.717) is 17.2 Å². The van der Waals surface area contributed by atoms with Gasteiger partial charge in [0.2, 0.25) is 0 Å². The first-order valence-corrected chi connectivity index (χ1v) is 10.5. The molecule has 2 rings (SSSR count). The summed E-state index contributed by atoms with van der Waals surface area (Å²) >= 11 is 24.7. The molecule has 0 radical (unpaired) electrons. The van der Waals surface area contributed by atoms with Gasteiger partial charge in [0.1, 0.15) is 18.1 Å². The first-order chi connectivity index (χ1) is 14.8. The van der Waals surface area contributed by atoms with Crippen LogP contribution in [0.2, 0.25) is 20.1 Å². The minimum atomic E-state index is -1.11. The largest absolute Gasteiger partial charge is 0.494 e. The molecular formula is C20H22Cl4O7. The molecule has 172 valence electrons. The Hall–Kier alpha value is -1.16. The number of aliphatic hydroxyl groups excluding tert-OH is 3. The fraction of sp³-hybridized carbons (Fsp3) is 0.400. The third kappa shape index (κ3) is 6.91. The van der Waals surface area contributed by atoms with Crippen LogP contribution in [0.1, 0.15) is 0 Å². The maximum Gasteiger partial charge on any atom is 0.156 e. The van der Waals surface area contributed by atoms with Gasteiger partial charge in [-0.2, -0.15) is 0 Å². The third-order valence-electron chi connectivity index (χ3n) is 4.27. The van der Waals surface area contributed by atoms with Gasteiger partial charge in [0.25, 0.3) is 0 Å². The minimum Gasteiger partial charge on any atom is -0.494 e. The number of hydrogen-bond donors (Lipinski definition) is 3. The zero-order valence-electron chi connectivity index (χ0n) is 16.5. The van der Waals surface area contributed by atoms with Crippen molar-refractivity contribution in [2.24, 2.45) is 5.41 Å². The second-order valence-corrected chi connectivity index (χ2v) is 8.24. The van der Waals surface area contributed by atoms with E-state index >= 15 is 0 Å². The molecule has 0 aliphatic rings. The van der Waals surface area contributed by atoms with Crippen LogP contribution in [-0.2, 0) is 4.74 Å². The van der Waals surface area contributed by atoms with Gasteiger partial charge in [-0.1, -0.05) is 46.4 Å². The number of halogens is 4. The van der Waals surface area contributed by atoms with E-state index in [4.69, 9.17) is 65.4 Å². The topological polar surface area (TPSA) is 97.6 Å². The smallest absolute Gasteiger partial charge is 0.156 e. The van der Waals surface area contributed by atoms with Gasteiger partial charge >= 0.3 is 0 Å². The molecule has 0 fully saturated rings. The van der Waals surface area contributed by atoms with Crippen LogP contribution < -0.4 is 14.2 Å². The highest BCUT2D eigenvalue weighted by atomic mass is 35.5. The predicted octanol–water partition coefficient (Wildman–Crippen LogP) is 4.46. The molecule has 0 spiro atoms. The Morgan fingerprint density at radius 2 is 1.19 bits per heavy atom. The Morgan fingerprint density at radius 3 is 1.61 bits per heavy atom. The molecule has 31 heavy (non-hydrogen) atoms. The van der Waals surface area contributed by atoms with E-state index < -0.39 is 25.2 Å². The molecule has 0 atom stereocenters. The summed E-state index contributed by atoms with van der Waals surface area (Å²) in [6.45, 7) is -1.06. The molecule has 7 nitrogen and oxygen atoms in total. The van der Waals surface area contributed by atoms with Crippen molar-refractivity contribution in [3.8, 4) is 23.0 Å². The van der Waals surface area contributed by atoms with Crippen molar-refractivity contribution in [2.75, 3.05) is 46.8 Å². The predicted molar refractivity (Wildman–Crippen MR) is 120 cm³/mol. The van der Waals surface area contributed by atoms with E-state index in [1.54, 1.807) is 12.1 Å². The lowest BCUT2D eigenvalue weighted by Crippen LogP contribution is -2.39. The molecule has 0 heterocycles. The van der Waals surface area contributed by atoms with Crippen molar-refractivity contribution in [3.63, 3.8) is 0 Å². The molecule has 0 amide bonds. The summed E-state index contributed by atoms with van der Waals surface area (Å²) in [7, 11) is 1.46. The van der Waals surface area contributed by atoms with Crippen molar-refractivity contribution < 1.29 is 34.3 Å². The highest BCUT2D eigenvalue weighted by Gasteiger charge is 2.28. The Morgan fingerprint density at radius 1 is 0.742 bits per heavy atom. The summed E-state index contributed by atoms with van der Waals surface area (Å²) in [6.07, 6.45) is 0. The van der Waals surface area contributed by atoms with Gasteiger partial charge in [-0.15, -0.1) is 0 Å². The van der Waals surface area contributed by atoms with Crippen LogP contribution >= 0.6 is 46.4 Å². The Kier molecular flexibility index (Phi) is 10.3. The molecular weight excluding hydrogens is 494 g/mol. The number of benzene rings is 2. The number of aliphatic hydroxyl groups is 3. The van der Waals surface area contributed by atoms with E-state index in [1.807, 2.05) is 0 Å². The first kappa shape index (κ1) is 26.1. The average Bonchev–Trinajstić information content (AvgIpc) is 2.72. The fourth-order valence-corrected chi connectivity index (χ4v) is 3.64. The maximum atomic E-state index is 9.27. The van der Waals surface area contributed by atoms with Crippen LogP contribution in [0.15, 0.2) is 24.3 Å². The Balaban J connectivity index is 1.98. The van der Waals surface area contributed by atoms with Crippen LogP contribution in [0.4, 0.5) is 0 Å². The highest BCUT2D eigenvalue weighted by molar-refractivity contribution is 6.38. The van der Waals surface area contributed by atoms with Crippen molar-refractivity contribution in [2.45, 2.75) is 0 Å². The van der Waals surface area contributed by atoms with Gasteiger partial charge < -0.3 is 34.3 Å². The quantitative estimate of drug-likeness (QED) is 0.359.